The van der Waals surface area contributed by atoms with E-state index in [4.69, 9.17) is 4.74 Å². The molecule has 0 aliphatic heterocycles. The second-order valence-corrected chi connectivity index (χ2v) is 7.06. The van der Waals surface area contributed by atoms with E-state index in [0.717, 1.165) is 16.9 Å². The van der Waals surface area contributed by atoms with Gasteiger partial charge in [0.1, 0.15) is 5.75 Å². The van der Waals surface area contributed by atoms with Crippen LogP contribution >= 0.6 is 0 Å². The lowest BCUT2D eigenvalue weighted by Gasteiger charge is -2.45. The number of aliphatic hydroxyl groups excluding tert-OH is 1. The Balaban J connectivity index is 2.29. The van der Waals surface area contributed by atoms with Crippen molar-refractivity contribution < 1.29 is 9.84 Å². The molecule has 1 aliphatic rings. The van der Waals surface area contributed by atoms with Crippen molar-refractivity contribution in [3.8, 4) is 5.75 Å². The monoisotopic (exact) mass is 276 g/mol. The van der Waals surface area contributed by atoms with Gasteiger partial charge in [-0.3, -0.25) is 0 Å². The third kappa shape index (κ3) is 2.85. The molecule has 1 N–H and O–H groups in total. The Bertz CT molecular complexity index is 464. The van der Waals surface area contributed by atoms with E-state index >= 15 is 0 Å². The predicted molar refractivity (Wildman–Crippen MR) is 83.0 cm³/mol. The number of ether oxygens (including phenoxy) is 1. The molecule has 0 bridgehead atoms. The van der Waals surface area contributed by atoms with Crippen molar-refractivity contribution in [1.82, 2.24) is 0 Å². The minimum atomic E-state index is -0.384. The van der Waals surface area contributed by atoms with E-state index in [2.05, 4.69) is 26.8 Å². The SMILES string of the molecule is COc1ccc([C@@H](O)[C@@H]2[C@@H](C)CCCC2(C)C)cc1C. The van der Waals surface area contributed by atoms with Gasteiger partial charge in [0, 0.05) is 0 Å². The zero-order valence-corrected chi connectivity index (χ0v) is 13.4. The molecule has 20 heavy (non-hydrogen) atoms. The number of rotatable bonds is 3. The molecule has 2 nitrogen and oxygen atoms in total. The van der Waals surface area contributed by atoms with Crippen LogP contribution in [0.25, 0.3) is 0 Å². The largest absolute Gasteiger partial charge is 0.496 e. The van der Waals surface area contributed by atoms with E-state index in [-0.39, 0.29) is 11.5 Å². The summed E-state index contributed by atoms with van der Waals surface area (Å²) in [7, 11) is 1.69. The summed E-state index contributed by atoms with van der Waals surface area (Å²) < 4.78 is 5.31. The van der Waals surface area contributed by atoms with Crippen molar-refractivity contribution in [3.63, 3.8) is 0 Å². The first-order chi connectivity index (χ1) is 9.36. The molecule has 1 aromatic rings. The molecule has 0 radical (unpaired) electrons. The van der Waals surface area contributed by atoms with Gasteiger partial charge in [-0.2, -0.15) is 0 Å². The number of hydrogen-bond donors (Lipinski definition) is 1. The lowest BCUT2D eigenvalue weighted by atomic mass is 9.61. The van der Waals surface area contributed by atoms with E-state index in [1.165, 1.54) is 19.3 Å². The molecule has 0 amide bonds. The van der Waals surface area contributed by atoms with Gasteiger partial charge < -0.3 is 9.84 Å². The molecule has 112 valence electrons. The second-order valence-electron chi connectivity index (χ2n) is 7.06. The van der Waals surface area contributed by atoms with E-state index in [9.17, 15) is 5.11 Å². The minimum absolute atomic E-state index is 0.199. The fourth-order valence-corrected chi connectivity index (χ4v) is 4.03. The number of hydrogen-bond acceptors (Lipinski definition) is 2. The van der Waals surface area contributed by atoms with Crippen LogP contribution in [0.4, 0.5) is 0 Å². The predicted octanol–water partition coefficient (Wildman–Crippen LogP) is 4.50. The van der Waals surface area contributed by atoms with Crippen molar-refractivity contribution in [1.29, 1.82) is 0 Å². The maximum atomic E-state index is 10.9. The van der Waals surface area contributed by atoms with Crippen LogP contribution in [0.1, 0.15) is 57.3 Å². The fraction of sp³-hybridized carbons (Fsp3) is 0.667. The molecule has 2 heteroatoms. The summed E-state index contributed by atoms with van der Waals surface area (Å²) in [4.78, 5) is 0. The topological polar surface area (TPSA) is 29.5 Å². The average molecular weight is 276 g/mol. The van der Waals surface area contributed by atoms with Crippen LogP contribution in [0, 0.1) is 24.2 Å². The molecule has 2 rings (SSSR count). The Morgan fingerprint density at radius 3 is 2.60 bits per heavy atom. The fourth-order valence-electron chi connectivity index (χ4n) is 4.03. The molecule has 0 unspecified atom stereocenters. The van der Waals surface area contributed by atoms with Crippen LogP contribution in [0.15, 0.2) is 18.2 Å². The van der Waals surface area contributed by atoms with Crippen molar-refractivity contribution in [3.05, 3.63) is 29.3 Å². The number of aliphatic hydroxyl groups is 1. The normalized spacial score (nSPS) is 27.1. The molecule has 0 aromatic heterocycles. The highest BCUT2D eigenvalue weighted by Gasteiger charge is 2.41. The van der Waals surface area contributed by atoms with E-state index in [0.29, 0.717) is 11.8 Å². The quantitative estimate of drug-likeness (QED) is 0.880. The number of methoxy groups -OCH3 is 1. The Morgan fingerprint density at radius 2 is 2.05 bits per heavy atom. The molecule has 0 spiro atoms. The molecule has 1 aromatic carbocycles. The van der Waals surface area contributed by atoms with Crippen LogP contribution in [-0.2, 0) is 0 Å². The maximum absolute atomic E-state index is 10.9. The Hall–Kier alpha value is -1.02. The second kappa shape index (κ2) is 5.77. The summed E-state index contributed by atoms with van der Waals surface area (Å²) in [6.07, 6.45) is 3.32. The van der Waals surface area contributed by atoms with Crippen LogP contribution in [0.3, 0.4) is 0 Å². The third-order valence-corrected chi connectivity index (χ3v) is 5.10. The van der Waals surface area contributed by atoms with Crippen molar-refractivity contribution in [2.24, 2.45) is 17.3 Å². The summed E-state index contributed by atoms with van der Waals surface area (Å²) >= 11 is 0. The van der Waals surface area contributed by atoms with Crippen LogP contribution in [0.5, 0.6) is 5.75 Å². The van der Waals surface area contributed by atoms with Gasteiger partial charge >= 0.3 is 0 Å². The Morgan fingerprint density at radius 1 is 1.35 bits per heavy atom. The molecule has 1 saturated carbocycles. The maximum Gasteiger partial charge on any atom is 0.121 e. The summed E-state index contributed by atoms with van der Waals surface area (Å²) in [5, 5.41) is 10.9. The average Bonchev–Trinajstić information content (AvgIpc) is 2.37. The van der Waals surface area contributed by atoms with Gasteiger partial charge in [-0.25, -0.2) is 0 Å². The highest BCUT2D eigenvalue weighted by Crippen LogP contribution is 2.49. The zero-order valence-electron chi connectivity index (χ0n) is 13.4. The van der Waals surface area contributed by atoms with E-state index in [1.807, 2.05) is 19.1 Å². The molecule has 0 saturated heterocycles. The summed E-state index contributed by atoms with van der Waals surface area (Å²) in [5.41, 5.74) is 2.31. The first-order valence-corrected chi connectivity index (χ1v) is 7.69. The standard InChI is InChI=1S/C18H28O2/c1-12-7-6-10-18(3,4)16(12)17(19)14-8-9-15(20-5)13(2)11-14/h8-9,11-12,16-17,19H,6-7,10H2,1-5H3/t12-,16-,17+/m0/s1. The smallest absolute Gasteiger partial charge is 0.121 e. The van der Waals surface area contributed by atoms with Gasteiger partial charge in [-0.15, -0.1) is 0 Å². The summed E-state index contributed by atoms with van der Waals surface area (Å²) in [5.74, 6) is 1.78. The third-order valence-electron chi connectivity index (χ3n) is 5.10. The number of benzene rings is 1. The number of aryl methyl sites for hydroxylation is 1. The first kappa shape index (κ1) is 15.4. The van der Waals surface area contributed by atoms with Crippen molar-refractivity contribution >= 4 is 0 Å². The highest BCUT2D eigenvalue weighted by molar-refractivity contribution is 5.37. The molecule has 3 atom stereocenters. The lowest BCUT2D eigenvalue weighted by molar-refractivity contribution is -0.0293. The van der Waals surface area contributed by atoms with E-state index < -0.39 is 0 Å². The molecular formula is C18H28O2. The molecule has 1 aliphatic carbocycles. The van der Waals surface area contributed by atoms with Gasteiger partial charge in [0.2, 0.25) is 0 Å². The highest BCUT2D eigenvalue weighted by atomic mass is 16.5. The Kier molecular flexibility index (Phi) is 4.43. The van der Waals surface area contributed by atoms with Crippen LogP contribution in [0.2, 0.25) is 0 Å². The van der Waals surface area contributed by atoms with Gasteiger partial charge in [0.15, 0.2) is 0 Å². The zero-order chi connectivity index (χ0) is 14.9. The van der Waals surface area contributed by atoms with Gasteiger partial charge in [0.25, 0.3) is 0 Å². The van der Waals surface area contributed by atoms with E-state index in [1.54, 1.807) is 7.11 Å². The first-order valence-electron chi connectivity index (χ1n) is 7.69. The van der Waals surface area contributed by atoms with Crippen LogP contribution < -0.4 is 4.74 Å². The summed E-state index contributed by atoms with van der Waals surface area (Å²) in [6.45, 7) is 8.91. The molecular weight excluding hydrogens is 248 g/mol. The molecule has 1 fully saturated rings. The van der Waals surface area contributed by atoms with Crippen molar-refractivity contribution in [2.75, 3.05) is 7.11 Å². The van der Waals surface area contributed by atoms with Gasteiger partial charge in [0.05, 0.1) is 13.2 Å². The van der Waals surface area contributed by atoms with Crippen molar-refractivity contribution in [2.45, 2.75) is 53.1 Å². The van der Waals surface area contributed by atoms with Crippen LogP contribution in [-0.4, -0.2) is 12.2 Å². The lowest BCUT2D eigenvalue weighted by Crippen LogP contribution is -2.37. The summed E-state index contributed by atoms with van der Waals surface area (Å²) in [6, 6.07) is 6.04. The van der Waals surface area contributed by atoms with Gasteiger partial charge in [-0.1, -0.05) is 39.7 Å². The van der Waals surface area contributed by atoms with Gasteiger partial charge in [-0.05, 0) is 53.9 Å². The minimum Gasteiger partial charge on any atom is -0.496 e. The molecule has 0 heterocycles. The Labute approximate surface area is 123 Å².